The van der Waals surface area contributed by atoms with Gasteiger partial charge in [0.15, 0.2) is 0 Å². The fraction of sp³-hybridized carbons (Fsp3) is 0.0588. The second-order valence-corrected chi connectivity index (χ2v) is 5.69. The lowest BCUT2D eigenvalue weighted by molar-refractivity contribution is -0.131. The van der Waals surface area contributed by atoms with Gasteiger partial charge in [-0.05, 0) is 30.3 Å². The molecule has 2 aromatic carbocycles. The second kappa shape index (κ2) is 5.77. The van der Waals surface area contributed by atoms with E-state index in [2.05, 4.69) is 15.9 Å². The number of fused-ring (bicyclic) bond motifs is 1. The first-order chi connectivity index (χ1) is 10.6. The summed E-state index contributed by atoms with van der Waals surface area (Å²) in [7, 11) is 0. The minimum atomic E-state index is -0.454. The zero-order valence-electron chi connectivity index (χ0n) is 11.7. The zero-order valence-corrected chi connectivity index (χ0v) is 13.3. The van der Waals surface area contributed by atoms with Crippen LogP contribution in [0.2, 0.25) is 0 Å². The van der Waals surface area contributed by atoms with Crippen molar-refractivity contribution in [3.63, 3.8) is 0 Å². The van der Waals surface area contributed by atoms with E-state index in [-0.39, 0.29) is 11.3 Å². The van der Waals surface area contributed by atoms with Crippen molar-refractivity contribution in [2.45, 2.75) is 6.92 Å². The average molecular weight is 358 g/mol. The predicted octanol–water partition coefficient (Wildman–Crippen LogP) is 3.68. The minimum absolute atomic E-state index is 0.256. The molecule has 0 amide bonds. The molecule has 0 bridgehead atoms. The first kappa shape index (κ1) is 14.5. The predicted molar refractivity (Wildman–Crippen MR) is 88.6 cm³/mol. The molecule has 0 radical (unpaired) electrons. The largest absolute Gasteiger partial charge is 0.426 e. The summed E-state index contributed by atoms with van der Waals surface area (Å²) in [6.07, 6.45) is 0. The second-order valence-electron chi connectivity index (χ2n) is 4.77. The smallest absolute Gasteiger partial charge is 0.308 e. The highest BCUT2D eigenvalue weighted by Gasteiger charge is 2.12. The summed E-state index contributed by atoms with van der Waals surface area (Å²) in [5.74, 6) is -0.177. The van der Waals surface area contributed by atoms with Crippen molar-refractivity contribution in [3.8, 4) is 11.4 Å². The third-order valence-corrected chi connectivity index (χ3v) is 3.70. The van der Waals surface area contributed by atoms with E-state index in [1.807, 2.05) is 48.5 Å². The number of aromatic nitrogens is 1. The number of pyridine rings is 1. The zero-order chi connectivity index (χ0) is 15.7. The first-order valence-corrected chi connectivity index (χ1v) is 7.45. The fourth-order valence-electron chi connectivity index (χ4n) is 2.37. The van der Waals surface area contributed by atoms with Gasteiger partial charge in [0.2, 0.25) is 0 Å². The molecule has 0 atom stereocenters. The van der Waals surface area contributed by atoms with Gasteiger partial charge in [0.05, 0.1) is 11.2 Å². The molecule has 0 N–H and O–H groups in total. The Hall–Kier alpha value is -2.40. The number of ether oxygens (including phenoxy) is 1. The van der Waals surface area contributed by atoms with Crippen LogP contribution in [0.5, 0.6) is 5.75 Å². The van der Waals surface area contributed by atoms with E-state index in [9.17, 15) is 9.59 Å². The molecule has 110 valence electrons. The Bertz CT molecular complexity index is 931. The number of rotatable bonds is 2. The lowest BCUT2D eigenvalue weighted by Gasteiger charge is -2.13. The van der Waals surface area contributed by atoms with Gasteiger partial charge >= 0.3 is 5.97 Å². The van der Waals surface area contributed by atoms with E-state index < -0.39 is 5.97 Å². The van der Waals surface area contributed by atoms with Crippen LogP contribution in [0.3, 0.4) is 0 Å². The monoisotopic (exact) mass is 357 g/mol. The summed E-state index contributed by atoms with van der Waals surface area (Å²) in [4.78, 5) is 23.7. The molecule has 4 nitrogen and oxygen atoms in total. The summed E-state index contributed by atoms with van der Waals surface area (Å²) >= 11 is 3.41. The molecule has 3 aromatic rings. The van der Waals surface area contributed by atoms with Crippen molar-refractivity contribution in [2.75, 3.05) is 0 Å². The Kier molecular flexibility index (Phi) is 3.81. The number of nitrogens with zero attached hydrogens (tertiary/aromatic N) is 1. The maximum Gasteiger partial charge on any atom is 0.308 e. The van der Waals surface area contributed by atoms with Crippen molar-refractivity contribution >= 4 is 32.8 Å². The molecule has 0 saturated carbocycles. The average Bonchev–Trinajstić information content (AvgIpc) is 2.46. The number of hydrogen-bond donors (Lipinski definition) is 0. The van der Waals surface area contributed by atoms with E-state index in [0.29, 0.717) is 10.9 Å². The number of para-hydroxylation sites is 1. The van der Waals surface area contributed by atoms with Crippen LogP contribution >= 0.6 is 15.9 Å². The molecule has 0 unspecified atom stereocenters. The molecule has 0 spiro atoms. The van der Waals surface area contributed by atoms with Gasteiger partial charge in [0.1, 0.15) is 5.75 Å². The molecule has 0 fully saturated rings. The molecule has 5 heteroatoms. The molecule has 3 rings (SSSR count). The third kappa shape index (κ3) is 2.67. The number of esters is 1. The summed E-state index contributed by atoms with van der Waals surface area (Å²) in [6.45, 7) is 1.31. The highest BCUT2D eigenvalue weighted by molar-refractivity contribution is 9.10. The number of carbonyl (C=O) groups is 1. The number of carbonyl (C=O) groups excluding carboxylic acids is 1. The van der Waals surface area contributed by atoms with Gasteiger partial charge in [-0.25, -0.2) is 0 Å². The molecule has 0 aliphatic heterocycles. The molecule has 0 aliphatic carbocycles. The molecule has 1 heterocycles. The SMILES string of the molecule is CC(=O)Oc1cc(=O)n(-c2cccc(Br)c2)c2ccccc12. The summed E-state index contributed by atoms with van der Waals surface area (Å²) < 4.78 is 7.63. The van der Waals surface area contributed by atoms with Crippen LogP contribution in [-0.4, -0.2) is 10.5 Å². The Morgan fingerprint density at radius 2 is 1.86 bits per heavy atom. The Morgan fingerprint density at radius 3 is 2.59 bits per heavy atom. The maximum atomic E-state index is 12.5. The van der Waals surface area contributed by atoms with Crippen LogP contribution in [0.1, 0.15) is 6.92 Å². The van der Waals surface area contributed by atoms with Gasteiger partial charge < -0.3 is 4.74 Å². The Labute approximate surface area is 135 Å². The van der Waals surface area contributed by atoms with Crippen LogP contribution in [0.25, 0.3) is 16.6 Å². The molecule has 0 saturated heterocycles. The number of benzene rings is 2. The fourth-order valence-corrected chi connectivity index (χ4v) is 2.76. The van der Waals surface area contributed by atoms with Crippen LogP contribution in [-0.2, 0) is 4.79 Å². The van der Waals surface area contributed by atoms with Crippen molar-refractivity contribution in [3.05, 3.63) is 69.4 Å². The lowest BCUT2D eigenvalue weighted by atomic mass is 10.2. The Morgan fingerprint density at radius 1 is 1.09 bits per heavy atom. The third-order valence-electron chi connectivity index (χ3n) is 3.21. The van der Waals surface area contributed by atoms with Crippen molar-refractivity contribution < 1.29 is 9.53 Å². The van der Waals surface area contributed by atoms with Gasteiger partial charge in [-0.1, -0.05) is 34.1 Å². The van der Waals surface area contributed by atoms with Crippen LogP contribution in [0.15, 0.2) is 63.9 Å². The molecule has 1 aromatic heterocycles. The van der Waals surface area contributed by atoms with Crippen molar-refractivity contribution in [1.82, 2.24) is 4.57 Å². The van der Waals surface area contributed by atoms with Crippen molar-refractivity contribution in [2.24, 2.45) is 0 Å². The lowest BCUT2D eigenvalue weighted by Crippen LogP contribution is -2.19. The highest BCUT2D eigenvalue weighted by Crippen LogP contribution is 2.26. The van der Waals surface area contributed by atoms with Crippen LogP contribution in [0, 0.1) is 0 Å². The molecule has 22 heavy (non-hydrogen) atoms. The number of hydrogen-bond acceptors (Lipinski definition) is 3. The summed E-state index contributed by atoms with van der Waals surface area (Å²) in [6, 6.07) is 16.1. The Balaban J connectivity index is 2.35. The van der Waals surface area contributed by atoms with E-state index in [4.69, 9.17) is 4.74 Å². The van der Waals surface area contributed by atoms with Gasteiger partial charge in [0, 0.05) is 22.8 Å². The number of halogens is 1. The molecular weight excluding hydrogens is 346 g/mol. The van der Waals surface area contributed by atoms with E-state index >= 15 is 0 Å². The summed E-state index contributed by atoms with van der Waals surface area (Å²) in [5, 5.41) is 0.706. The van der Waals surface area contributed by atoms with Crippen LogP contribution < -0.4 is 10.3 Å². The van der Waals surface area contributed by atoms with E-state index in [0.717, 1.165) is 10.2 Å². The van der Waals surface area contributed by atoms with Crippen molar-refractivity contribution in [1.29, 1.82) is 0 Å². The topological polar surface area (TPSA) is 48.3 Å². The van der Waals surface area contributed by atoms with E-state index in [1.165, 1.54) is 13.0 Å². The molecule has 0 aliphatic rings. The standard InChI is InChI=1S/C17H12BrNO3/c1-11(20)22-16-10-17(21)19(13-6-4-5-12(18)9-13)15-8-3-2-7-14(15)16/h2-10H,1H3. The minimum Gasteiger partial charge on any atom is -0.426 e. The highest BCUT2D eigenvalue weighted by atomic mass is 79.9. The normalized spacial score (nSPS) is 10.6. The van der Waals surface area contributed by atoms with Gasteiger partial charge in [0.25, 0.3) is 5.56 Å². The van der Waals surface area contributed by atoms with Gasteiger partial charge in [-0.15, -0.1) is 0 Å². The van der Waals surface area contributed by atoms with Crippen LogP contribution in [0.4, 0.5) is 0 Å². The maximum absolute atomic E-state index is 12.5. The van der Waals surface area contributed by atoms with Gasteiger partial charge in [-0.2, -0.15) is 0 Å². The quantitative estimate of drug-likeness (QED) is 0.657. The molecular formula is C17H12BrNO3. The van der Waals surface area contributed by atoms with Gasteiger partial charge in [-0.3, -0.25) is 14.2 Å². The summed E-state index contributed by atoms with van der Waals surface area (Å²) in [5.41, 5.74) is 1.17. The van der Waals surface area contributed by atoms with E-state index in [1.54, 1.807) is 4.57 Å². The first-order valence-electron chi connectivity index (χ1n) is 6.65.